The summed E-state index contributed by atoms with van der Waals surface area (Å²) >= 11 is 0. The van der Waals surface area contributed by atoms with Crippen LogP contribution in [0.3, 0.4) is 0 Å². The summed E-state index contributed by atoms with van der Waals surface area (Å²) < 4.78 is 0. The topological polar surface area (TPSA) is 75.1 Å². The summed E-state index contributed by atoms with van der Waals surface area (Å²) in [7, 11) is 0. The van der Waals surface area contributed by atoms with Crippen molar-refractivity contribution in [3.8, 4) is 0 Å². The van der Waals surface area contributed by atoms with E-state index in [1.54, 1.807) is 6.92 Å². The van der Waals surface area contributed by atoms with Gasteiger partial charge in [-0.1, -0.05) is 26.2 Å². The Hall–Kier alpha value is -1.65. The third kappa shape index (κ3) is 4.38. The second-order valence-corrected chi connectivity index (χ2v) is 3.99. The molecule has 0 aliphatic rings. The number of nitrogens with zero attached hydrogens (tertiary/aromatic N) is 2. The highest BCUT2D eigenvalue weighted by atomic mass is 16.4. The van der Waals surface area contributed by atoms with Gasteiger partial charge in [-0.2, -0.15) is 0 Å². The minimum Gasteiger partial charge on any atom is -0.478 e. The van der Waals surface area contributed by atoms with Crippen LogP contribution in [0.1, 0.15) is 48.7 Å². The Bertz CT molecular complexity index is 380. The number of aryl methyl sites for hydroxylation is 1. The second-order valence-electron chi connectivity index (χ2n) is 3.99. The van der Waals surface area contributed by atoms with E-state index in [0.29, 0.717) is 11.6 Å². The number of aromatic carboxylic acids is 1. The van der Waals surface area contributed by atoms with Crippen LogP contribution in [0, 0.1) is 6.92 Å². The number of anilines is 1. The fourth-order valence-electron chi connectivity index (χ4n) is 1.51. The number of carboxylic acids is 1. The maximum Gasteiger partial charge on any atom is 0.339 e. The Labute approximate surface area is 101 Å². The van der Waals surface area contributed by atoms with Crippen LogP contribution < -0.4 is 5.32 Å². The highest BCUT2D eigenvalue weighted by molar-refractivity contribution is 5.88. The summed E-state index contributed by atoms with van der Waals surface area (Å²) in [6, 6.07) is 0. The van der Waals surface area contributed by atoms with Crippen LogP contribution in [-0.4, -0.2) is 27.6 Å². The monoisotopic (exact) mass is 237 g/mol. The molecule has 0 bridgehead atoms. The van der Waals surface area contributed by atoms with Crippen LogP contribution in [0.15, 0.2) is 6.20 Å². The average Bonchev–Trinajstić information content (AvgIpc) is 2.28. The Balaban J connectivity index is 2.45. The predicted molar refractivity (Wildman–Crippen MR) is 66.4 cm³/mol. The van der Waals surface area contributed by atoms with E-state index in [1.165, 1.54) is 25.5 Å². The molecule has 0 atom stereocenters. The van der Waals surface area contributed by atoms with Gasteiger partial charge >= 0.3 is 5.97 Å². The van der Waals surface area contributed by atoms with Gasteiger partial charge in [-0.3, -0.25) is 0 Å². The number of nitrogens with one attached hydrogen (secondary N) is 1. The average molecular weight is 237 g/mol. The van der Waals surface area contributed by atoms with Crippen molar-refractivity contribution in [3.05, 3.63) is 17.5 Å². The Morgan fingerprint density at radius 1 is 1.41 bits per heavy atom. The van der Waals surface area contributed by atoms with Gasteiger partial charge in [-0.25, -0.2) is 14.8 Å². The predicted octanol–water partition coefficient (Wildman–Crippen LogP) is 2.48. The first-order valence-corrected chi connectivity index (χ1v) is 5.96. The van der Waals surface area contributed by atoms with Crippen LogP contribution in [0.25, 0.3) is 0 Å². The highest BCUT2D eigenvalue weighted by Gasteiger charge is 2.09. The number of unbranched alkanes of at least 4 members (excludes halogenated alkanes) is 3. The lowest BCUT2D eigenvalue weighted by atomic mass is 10.2. The zero-order valence-corrected chi connectivity index (χ0v) is 10.4. The molecule has 1 heterocycles. The Morgan fingerprint density at radius 3 is 2.76 bits per heavy atom. The van der Waals surface area contributed by atoms with E-state index in [1.807, 2.05) is 0 Å². The van der Waals surface area contributed by atoms with Gasteiger partial charge in [0.2, 0.25) is 5.95 Å². The number of carboxylic acid groups (broad SMARTS) is 1. The largest absolute Gasteiger partial charge is 0.478 e. The second kappa shape index (κ2) is 6.83. The molecular weight excluding hydrogens is 218 g/mol. The summed E-state index contributed by atoms with van der Waals surface area (Å²) in [5.74, 6) is -0.485. The Morgan fingerprint density at radius 2 is 2.18 bits per heavy atom. The maximum atomic E-state index is 10.8. The number of hydrogen-bond acceptors (Lipinski definition) is 4. The normalized spacial score (nSPS) is 10.2. The minimum atomic E-state index is -0.989. The SMILES string of the molecule is CCCCCCNc1ncc(C(=O)O)c(C)n1. The van der Waals surface area contributed by atoms with Crippen molar-refractivity contribution in [3.63, 3.8) is 0 Å². The summed E-state index contributed by atoms with van der Waals surface area (Å²) in [6.07, 6.45) is 6.06. The third-order valence-corrected chi connectivity index (χ3v) is 2.52. The van der Waals surface area contributed by atoms with Gasteiger partial charge in [0, 0.05) is 12.7 Å². The van der Waals surface area contributed by atoms with Crippen molar-refractivity contribution in [2.45, 2.75) is 39.5 Å². The molecule has 0 saturated heterocycles. The Kier molecular flexibility index (Phi) is 5.39. The van der Waals surface area contributed by atoms with Crippen molar-refractivity contribution in [2.24, 2.45) is 0 Å². The first kappa shape index (κ1) is 13.4. The summed E-state index contributed by atoms with van der Waals surface area (Å²) in [4.78, 5) is 18.8. The fraction of sp³-hybridized carbons (Fsp3) is 0.583. The minimum absolute atomic E-state index is 0.154. The molecule has 0 amide bonds. The molecule has 5 nitrogen and oxygen atoms in total. The van der Waals surface area contributed by atoms with Gasteiger partial charge in [0.15, 0.2) is 0 Å². The first-order chi connectivity index (χ1) is 8.15. The lowest BCUT2D eigenvalue weighted by Crippen LogP contribution is -2.09. The van der Waals surface area contributed by atoms with Crippen LogP contribution in [0.2, 0.25) is 0 Å². The van der Waals surface area contributed by atoms with Crippen LogP contribution in [0.5, 0.6) is 0 Å². The molecular formula is C12H19N3O2. The molecule has 0 aliphatic heterocycles. The molecule has 0 spiro atoms. The molecule has 0 unspecified atom stereocenters. The van der Waals surface area contributed by atoms with Crippen molar-refractivity contribution >= 4 is 11.9 Å². The van der Waals surface area contributed by atoms with Gasteiger partial charge in [-0.15, -0.1) is 0 Å². The van der Waals surface area contributed by atoms with Crippen LogP contribution >= 0.6 is 0 Å². The van der Waals surface area contributed by atoms with Gasteiger partial charge in [-0.05, 0) is 13.3 Å². The molecule has 1 aromatic heterocycles. The van der Waals surface area contributed by atoms with Crippen LogP contribution in [0.4, 0.5) is 5.95 Å². The van der Waals surface area contributed by atoms with E-state index in [-0.39, 0.29) is 5.56 Å². The summed E-state index contributed by atoms with van der Waals surface area (Å²) in [5, 5.41) is 11.9. The molecule has 2 N–H and O–H groups in total. The quantitative estimate of drug-likeness (QED) is 0.712. The van der Waals surface area contributed by atoms with Gasteiger partial charge in [0.25, 0.3) is 0 Å². The van der Waals surface area contributed by atoms with Crippen molar-refractivity contribution < 1.29 is 9.90 Å². The standard InChI is InChI=1S/C12H19N3O2/c1-3-4-5-6-7-13-12-14-8-10(11(16)17)9(2)15-12/h8H,3-7H2,1-2H3,(H,16,17)(H,13,14,15). The molecule has 94 valence electrons. The van der Waals surface area contributed by atoms with E-state index >= 15 is 0 Å². The van der Waals surface area contributed by atoms with Gasteiger partial charge in [0.05, 0.1) is 11.3 Å². The molecule has 0 aliphatic carbocycles. The van der Waals surface area contributed by atoms with E-state index in [2.05, 4.69) is 22.2 Å². The van der Waals surface area contributed by atoms with E-state index in [0.717, 1.165) is 13.0 Å². The number of carbonyl (C=O) groups is 1. The summed E-state index contributed by atoms with van der Waals surface area (Å²) in [5.41, 5.74) is 0.644. The first-order valence-electron chi connectivity index (χ1n) is 5.96. The molecule has 0 fully saturated rings. The van der Waals surface area contributed by atoms with Gasteiger partial charge in [0.1, 0.15) is 0 Å². The van der Waals surface area contributed by atoms with Crippen molar-refractivity contribution in [2.75, 3.05) is 11.9 Å². The maximum absolute atomic E-state index is 10.8. The van der Waals surface area contributed by atoms with Gasteiger partial charge < -0.3 is 10.4 Å². The molecule has 17 heavy (non-hydrogen) atoms. The number of rotatable bonds is 7. The zero-order chi connectivity index (χ0) is 12.7. The van der Waals surface area contributed by atoms with E-state index in [4.69, 9.17) is 5.11 Å². The van der Waals surface area contributed by atoms with E-state index < -0.39 is 5.97 Å². The number of hydrogen-bond donors (Lipinski definition) is 2. The molecule has 1 aromatic rings. The van der Waals surface area contributed by atoms with E-state index in [9.17, 15) is 4.79 Å². The highest BCUT2D eigenvalue weighted by Crippen LogP contribution is 2.07. The zero-order valence-electron chi connectivity index (χ0n) is 10.4. The molecule has 0 saturated carbocycles. The van der Waals surface area contributed by atoms with Crippen LogP contribution in [-0.2, 0) is 0 Å². The third-order valence-electron chi connectivity index (χ3n) is 2.52. The molecule has 1 rings (SSSR count). The van der Waals surface area contributed by atoms with Crippen molar-refractivity contribution in [1.29, 1.82) is 0 Å². The van der Waals surface area contributed by atoms with Crippen molar-refractivity contribution in [1.82, 2.24) is 9.97 Å². The lowest BCUT2D eigenvalue weighted by molar-refractivity contribution is 0.0695. The molecule has 5 heteroatoms. The summed E-state index contributed by atoms with van der Waals surface area (Å²) in [6.45, 7) is 4.67. The molecule has 0 radical (unpaired) electrons. The number of aromatic nitrogens is 2. The smallest absolute Gasteiger partial charge is 0.339 e. The molecule has 0 aromatic carbocycles. The fourth-order valence-corrected chi connectivity index (χ4v) is 1.51. The lowest BCUT2D eigenvalue weighted by Gasteiger charge is -2.06.